The van der Waals surface area contributed by atoms with Crippen molar-refractivity contribution >= 4 is 21.6 Å². The minimum Gasteiger partial charge on any atom is -0.369 e. The molecule has 1 spiro atoms. The van der Waals surface area contributed by atoms with Crippen LogP contribution in [0.5, 0.6) is 0 Å². The first kappa shape index (κ1) is 13.4. The van der Waals surface area contributed by atoms with Gasteiger partial charge in [-0.3, -0.25) is 0 Å². The molecule has 1 aromatic carbocycles. The minimum absolute atomic E-state index is 0.181. The molecule has 3 rings (SSSR count). The standard InChI is InChI=1S/C15H20BrFN2/c16-13-10-12(17)4-5-14(13)19-9-3-8-18-15(11-19)6-1-2-7-15/h4-5,10,18H,1-3,6-9,11H2. The van der Waals surface area contributed by atoms with E-state index in [4.69, 9.17) is 0 Å². The Kier molecular flexibility index (Phi) is 3.81. The molecule has 1 saturated heterocycles. The molecule has 2 fully saturated rings. The van der Waals surface area contributed by atoms with E-state index in [9.17, 15) is 4.39 Å². The van der Waals surface area contributed by atoms with Crippen LogP contribution in [0.1, 0.15) is 32.1 Å². The molecule has 2 aliphatic rings. The van der Waals surface area contributed by atoms with E-state index < -0.39 is 0 Å². The number of benzene rings is 1. The van der Waals surface area contributed by atoms with Gasteiger partial charge in [-0.25, -0.2) is 4.39 Å². The summed E-state index contributed by atoms with van der Waals surface area (Å²) in [6.07, 6.45) is 6.33. The molecule has 0 bridgehead atoms. The third kappa shape index (κ3) is 2.79. The summed E-state index contributed by atoms with van der Waals surface area (Å²) in [6, 6.07) is 5.02. The van der Waals surface area contributed by atoms with Crippen molar-refractivity contribution < 1.29 is 4.39 Å². The lowest BCUT2D eigenvalue weighted by Gasteiger charge is -2.34. The van der Waals surface area contributed by atoms with Crippen LogP contribution in [0.2, 0.25) is 0 Å². The lowest BCUT2D eigenvalue weighted by atomic mass is 9.97. The summed E-state index contributed by atoms with van der Waals surface area (Å²) in [5.41, 5.74) is 1.40. The van der Waals surface area contributed by atoms with Gasteiger partial charge in [-0.1, -0.05) is 12.8 Å². The van der Waals surface area contributed by atoms with Crippen LogP contribution in [0, 0.1) is 5.82 Å². The number of hydrogen-bond donors (Lipinski definition) is 1. The number of rotatable bonds is 1. The Balaban J connectivity index is 1.86. The number of hydrogen-bond acceptors (Lipinski definition) is 2. The predicted octanol–water partition coefficient (Wildman–Crippen LogP) is 3.70. The molecule has 4 heteroatoms. The Bertz CT molecular complexity index is 457. The van der Waals surface area contributed by atoms with Crippen molar-refractivity contribution in [2.75, 3.05) is 24.5 Å². The highest BCUT2D eigenvalue weighted by atomic mass is 79.9. The zero-order valence-corrected chi connectivity index (χ0v) is 12.7. The molecular weight excluding hydrogens is 307 g/mol. The fourth-order valence-corrected chi connectivity index (χ4v) is 4.06. The summed E-state index contributed by atoms with van der Waals surface area (Å²) >= 11 is 3.50. The van der Waals surface area contributed by atoms with Gasteiger partial charge in [0.15, 0.2) is 0 Å². The Hall–Kier alpha value is -0.610. The average molecular weight is 327 g/mol. The molecule has 0 aromatic heterocycles. The van der Waals surface area contributed by atoms with Crippen LogP contribution in [0.3, 0.4) is 0 Å². The van der Waals surface area contributed by atoms with E-state index in [1.165, 1.54) is 25.7 Å². The maximum absolute atomic E-state index is 13.2. The third-order valence-corrected chi connectivity index (χ3v) is 5.04. The van der Waals surface area contributed by atoms with E-state index in [1.807, 2.05) is 6.07 Å². The van der Waals surface area contributed by atoms with Crippen molar-refractivity contribution in [3.63, 3.8) is 0 Å². The van der Waals surface area contributed by atoms with E-state index in [2.05, 4.69) is 26.1 Å². The molecule has 1 aliphatic heterocycles. The number of nitrogens with one attached hydrogen (secondary N) is 1. The highest BCUT2D eigenvalue weighted by Crippen LogP contribution is 2.35. The predicted molar refractivity (Wildman–Crippen MR) is 80.1 cm³/mol. The molecular formula is C15H20BrFN2. The van der Waals surface area contributed by atoms with Gasteiger partial charge in [-0.05, 0) is 59.9 Å². The van der Waals surface area contributed by atoms with Gasteiger partial charge < -0.3 is 10.2 Å². The van der Waals surface area contributed by atoms with Crippen LogP contribution in [-0.2, 0) is 0 Å². The summed E-state index contributed by atoms with van der Waals surface area (Å²) < 4.78 is 14.1. The monoisotopic (exact) mass is 326 g/mol. The minimum atomic E-state index is -0.181. The first-order valence-corrected chi connectivity index (χ1v) is 7.93. The maximum atomic E-state index is 13.2. The van der Waals surface area contributed by atoms with Crippen LogP contribution in [0.25, 0.3) is 0 Å². The number of nitrogens with zero attached hydrogens (tertiary/aromatic N) is 1. The SMILES string of the molecule is Fc1ccc(N2CCCNC3(CCCC3)C2)c(Br)c1. The molecule has 0 amide bonds. The van der Waals surface area contributed by atoms with Crippen molar-refractivity contribution in [1.82, 2.24) is 5.32 Å². The highest BCUT2D eigenvalue weighted by molar-refractivity contribution is 9.10. The van der Waals surface area contributed by atoms with E-state index in [0.717, 1.165) is 36.2 Å². The zero-order valence-electron chi connectivity index (χ0n) is 11.1. The molecule has 1 N–H and O–H groups in total. The van der Waals surface area contributed by atoms with E-state index >= 15 is 0 Å². The number of anilines is 1. The van der Waals surface area contributed by atoms with Gasteiger partial charge in [0.1, 0.15) is 5.82 Å². The molecule has 1 aromatic rings. The van der Waals surface area contributed by atoms with Crippen LogP contribution >= 0.6 is 15.9 Å². The van der Waals surface area contributed by atoms with E-state index in [0.29, 0.717) is 0 Å². The Morgan fingerprint density at radius 1 is 1.21 bits per heavy atom. The summed E-state index contributed by atoms with van der Waals surface area (Å²) in [6.45, 7) is 3.17. The van der Waals surface area contributed by atoms with Crippen molar-refractivity contribution in [2.24, 2.45) is 0 Å². The first-order chi connectivity index (χ1) is 9.19. The molecule has 0 unspecified atom stereocenters. The first-order valence-electron chi connectivity index (χ1n) is 7.14. The topological polar surface area (TPSA) is 15.3 Å². The fourth-order valence-electron chi connectivity index (χ4n) is 3.45. The highest BCUT2D eigenvalue weighted by Gasteiger charge is 2.36. The second-order valence-corrected chi connectivity index (χ2v) is 6.64. The Morgan fingerprint density at radius 3 is 2.74 bits per heavy atom. The number of halogens is 2. The van der Waals surface area contributed by atoms with Crippen LogP contribution < -0.4 is 10.2 Å². The van der Waals surface area contributed by atoms with Gasteiger partial charge in [0.2, 0.25) is 0 Å². The molecule has 104 valence electrons. The normalized spacial score (nSPS) is 22.7. The summed E-state index contributed by atoms with van der Waals surface area (Å²) in [7, 11) is 0. The molecule has 19 heavy (non-hydrogen) atoms. The summed E-state index contributed by atoms with van der Waals surface area (Å²) in [5.74, 6) is -0.181. The maximum Gasteiger partial charge on any atom is 0.124 e. The van der Waals surface area contributed by atoms with Gasteiger partial charge in [0.25, 0.3) is 0 Å². The lowest BCUT2D eigenvalue weighted by molar-refractivity contribution is 0.354. The van der Waals surface area contributed by atoms with Gasteiger partial charge >= 0.3 is 0 Å². The van der Waals surface area contributed by atoms with E-state index in [-0.39, 0.29) is 11.4 Å². The zero-order chi connectivity index (χ0) is 13.3. The quantitative estimate of drug-likeness (QED) is 0.846. The van der Waals surface area contributed by atoms with Crippen LogP contribution in [0.4, 0.5) is 10.1 Å². The molecule has 0 radical (unpaired) electrons. The van der Waals surface area contributed by atoms with Crippen molar-refractivity contribution in [3.05, 3.63) is 28.5 Å². The van der Waals surface area contributed by atoms with Crippen molar-refractivity contribution in [2.45, 2.75) is 37.6 Å². The van der Waals surface area contributed by atoms with Crippen molar-refractivity contribution in [1.29, 1.82) is 0 Å². The Labute approximate surface area is 122 Å². The fraction of sp³-hybridized carbons (Fsp3) is 0.600. The molecule has 1 saturated carbocycles. The van der Waals surface area contributed by atoms with Gasteiger partial charge in [-0.2, -0.15) is 0 Å². The van der Waals surface area contributed by atoms with Gasteiger partial charge in [0, 0.05) is 23.1 Å². The van der Waals surface area contributed by atoms with Gasteiger partial charge in [-0.15, -0.1) is 0 Å². The third-order valence-electron chi connectivity index (χ3n) is 4.41. The molecule has 0 atom stereocenters. The van der Waals surface area contributed by atoms with Crippen LogP contribution in [-0.4, -0.2) is 25.2 Å². The summed E-state index contributed by atoms with van der Waals surface area (Å²) in [5, 5.41) is 3.76. The second-order valence-electron chi connectivity index (χ2n) is 5.79. The molecule has 2 nitrogen and oxygen atoms in total. The van der Waals surface area contributed by atoms with E-state index in [1.54, 1.807) is 12.1 Å². The second kappa shape index (κ2) is 5.41. The van der Waals surface area contributed by atoms with Crippen LogP contribution in [0.15, 0.2) is 22.7 Å². The van der Waals surface area contributed by atoms with Gasteiger partial charge in [0.05, 0.1) is 5.69 Å². The lowest BCUT2D eigenvalue weighted by Crippen LogP contribution is -2.49. The van der Waals surface area contributed by atoms with Crippen molar-refractivity contribution in [3.8, 4) is 0 Å². The largest absolute Gasteiger partial charge is 0.369 e. The average Bonchev–Trinajstić information content (AvgIpc) is 2.71. The smallest absolute Gasteiger partial charge is 0.124 e. The summed E-state index contributed by atoms with van der Waals surface area (Å²) in [4.78, 5) is 2.41. The molecule has 1 aliphatic carbocycles. The Morgan fingerprint density at radius 2 is 2.00 bits per heavy atom. The molecule has 1 heterocycles.